The molecular weight excluding hydrogens is 416 g/mol. The third-order valence-corrected chi connectivity index (χ3v) is 6.22. The van der Waals surface area contributed by atoms with Crippen LogP contribution in [0.25, 0.3) is 21.5 Å². The normalized spacial score (nSPS) is 10.8. The van der Waals surface area contributed by atoms with Gasteiger partial charge in [0.2, 0.25) is 0 Å². The Hall–Kier alpha value is -2.74. The number of fused-ring (bicyclic) bond motifs is 1. The number of thiophene rings is 2. The van der Waals surface area contributed by atoms with Crippen LogP contribution in [0.5, 0.6) is 0 Å². The largest absolute Gasteiger partial charge is 0.465 e. The fraction of sp³-hybridized carbons (Fsp3) is 0.0500. The number of anilines is 1. The van der Waals surface area contributed by atoms with Crippen molar-refractivity contribution in [1.29, 1.82) is 0 Å². The van der Waals surface area contributed by atoms with Crippen molar-refractivity contribution in [2.24, 2.45) is 0 Å². The van der Waals surface area contributed by atoms with E-state index in [0.29, 0.717) is 31.7 Å². The van der Waals surface area contributed by atoms with Gasteiger partial charge in [-0.15, -0.1) is 22.7 Å². The zero-order valence-corrected chi connectivity index (χ0v) is 17.0. The first-order chi connectivity index (χ1) is 13.6. The molecule has 3 heterocycles. The lowest BCUT2D eigenvalue weighted by atomic mass is 10.1. The number of methoxy groups -OCH3 is 1. The highest BCUT2D eigenvalue weighted by molar-refractivity contribution is 7.19. The van der Waals surface area contributed by atoms with E-state index < -0.39 is 5.97 Å². The summed E-state index contributed by atoms with van der Waals surface area (Å²) in [7, 11) is 1.31. The van der Waals surface area contributed by atoms with Crippen molar-refractivity contribution in [2.75, 3.05) is 12.4 Å². The van der Waals surface area contributed by atoms with Crippen molar-refractivity contribution < 1.29 is 14.3 Å². The summed E-state index contributed by atoms with van der Waals surface area (Å²) in [5, 5.41) is 5.27. The first kappa shape index (κ1) is 18.6. The lowest BCUT2D eigenvalue weighted by Gasteiger charge is -2.10. The fourth-order valence-corrected chi connectivity index (χ4v) is 4.56. The molecule has 0 unspecified atom stereocenters. The number of nitrogens with zero attached hydrogens (tertiary/aromatic N) is 1. The summed E-state index contributed by atoms with van der Waals surface area (Å²) in [4.78, 5) is 30.8. The number of carbonyl (C=O) groups is 2. The number of rotatable bonds is 4. The second-order valence-electron chi connectivity index (χ2n) is 5.79. The van der Waals surface area contributed by atoms with Gasteiger partial charge in [-0.1, -0.05) is 29.8 Å². The van der Waals surface area contributed by atoms with Crippen molar-refractivity contribution in [3.63, 3.8) is 0 Å². The molecule has 1 aromatic carbocycles. The van der Waals surface area contributed by atoms with E-state index in [1.807, 2.05) is 30.3 Å². The summed E-state index contributed by atoms with van der Waals surface area (Å²) in [6.07, 6.45) is 0. The number of ether oxygens (including phenoxy) is 1. The minimum absolute atomic E-state index is 0.328. The number of nitrogens with one attached hydrogen (secondary N) is 1. The maximum Gasteiger partial charge on any atom is 0.350 e. The summed E-state index contributed by atoms with van der Waals surface area (Å²) in [5.41, 5.74) is 2.25. The maximum absolute atomic E-state index is 13.1. The molecule has 0 spiro atoms. The molecule has 0 bridgehead atoms. The van der Waals surface area contributed by atoms with Crippen LogP contribution < -0.4 is 5.32 Å². The number of hydrogen-bond donors (Lipinski definition) is 1. The summed E-state index contributed by atoms with van der Waals surface area (Å²) in [5.74, 6) is -0.815. The van der Waals surface area contributed by atoms with Crippen molar-refractivity contribution in [3.05, 3.63) is 68.7 Å². The molecule has 0 atom stereocenters. The van der Waals surface area contributed by atoms with E-state index in [2.05, 4.69) is 10.3 Å². The van der Waals surface area contributed by atoms with Crippen molar-refractivity contribution in [1.82, 2.24) is 4.98 Å². The average molecular weight is 429 g/mol. The molecule has 1 N–H and O–H groups in total. The molecule has 0 radical (unpaired) electrons. The molecule has 0 fully saturated rings. The second kappa shape index (κ2) is 7.71. The Balaban J connectivity index is 1.78. The standard InChI is InChI=1S/C20H13ClN2O3S2/c1-26-20(25)18-14(8-9-27-18)23-19(24)12-10-15(16-6-7-17(21)28-16)22-13-5-3-2-4-11(12)13/h2-10H,1H3,(H,23,24). The predicted octanol–water partition coefficient (Wildman–Crippen LogP) is 5.72. The number of carbonyl (C=O) groups excluding carboxylic acids is 2. The second-order valence-corrected chi connectivity index (χ2v) is 8.42. The number of para-hydroxylation sites is 1. The van der Waals surface area contributed by atoms with Crippen LogP contribution in [-0.2, 0) is 4.74 Å². The van der Waals surface area contributed by atoms with Crippen LogP contribution >= 0.6 is 34.3 Å². The smallest absolute Gasteiger partial charge is 0.350 e. The number of hydrogen-bond acceptors (Lipinski definition) is 6. The first-order valence-electron chi connectivity index (χ1n) is 8.19. The predicted molar refractivity (Wildman–Crippen MR) is 114 cm³/mol. The number of pyridine rings is 1. The Bertz CT molecular complexity index is 1200. The van der Waals surface area contributed by atoms with Crippen LogP contribution in [0.4, 0.5) is 5.69 Å². The van der Waals surface area contributed by atoms with Gasteiger partial charge in [0.05, 0.1) is 38.8 Å². The molecule has 0 saturated carbocycles. The number of aromatic nitrogens is 1. The lowest BCUT2D eigenvalue weighted by molar-refractivity contribution is 0.0607. The lowest BCUT2D eigenvalue weighted by Crippen LogP contribution is -2.15. The molecule has 0 aliphatic rings. The number of benzene rings is 1. The fourth-order valence-electron chi connectivity index (χ4n) is 2.79. The molecule has 8 heteroatoms. The summed E-state index contributed by atoms with van der Waals surface area (Å²) >= 11 is 8.66. The minimum Gasteiger partial charge on any atom is -0.465 e. The molecule has 0 aliphatic carbocycles. The Labute approximate surface area is 173 Å². The van der Waals surface area contributed by atoms with Crippen molar-refractivity contribution in [3.8, 4) is 10.6 Å². The number of amides is 1. The Morgan fingerprint density at radius 3 is 2.71 bits per heavy atom. The van der Waals surface area contributed by atoms with E-state index in [9.17, 15) is 9.59 Å². The van der Waals surface area contributed by atoms with Gasteiger partial charge in [-0.05, 0) is 35.7 Å². The van der Waals surface area contributed by atoms with Crippen LogP contribution in [-0.4, -0.2) is 24.0 Å². The van der Waals surface area contributed by atoms with Gasteiger partial charge in [-0.3, -0.25) is 4.79 Å². The summed E-state index contributed by atoms with van der Waals surface area (Å²) in [6, 6.07) is 14.5. The Kier molecular flexibility index (Phi) is 5.13. The molecular formula is C20H13ClN2O3S2. The van der Waals surface area contributed by atoms with E-state index in [4.69, 9.17) is 16.3 Å². The molecule has 28 heavy (non-hydrogen) atoms. The molecule has 3 aromatic heterocycles. The molecule has 0 saturated heterocycles. The first-order valence-corrected chi connectivity index (χ1v) is 10.3. The van der Waals surface area contributed by atoms with Gasteiger partial charge < -0.3 is 10.1 Å². The van der Waals surface area contributed by atoms with E-state index in [0.717, 1.165) is 10.3 Å². The highest BCUT2D eigenvalue weighted by atomic mass is 35.5. The molecule has 4 rings (SSSR count). The molecule has 140 valence electrons. The molecule has 0 aliphatic heterocycles. The topological polar surface area (TPSA) is 68.3 Å². The van der Waals surface area contributed by atoms with Gasteiger partial charge in [0, 0.05) is 5.39 Å². The van der Waals surface area contributed by atoms with E-state index >= 15 is 0 Å². The number of esters is 1. The SMILES string of the molecule is COC(=O)c1sccc1NC(=O)c1cc(-c2ccc(Cl)s2)nc2ccccc12. The van der Waals surface area contributed by atoms with Gasteiger partial charge in [-0.25, -0.2) is 9.78 Å². The van der Waals surface area contributed by atoms with Crippen LogP contribution in [0.3, 0.4) is 0 Å². The minimum atomic E-state index is -0.487. The summed E-state index contributed by atoms with van der Waals surface area (Å²) in [6.45, 7) is 0. The van der Waals surface area contributed by atoms with E-state index in [-0.39, 0.29) is 5.91 Å². The quantitative estimate of drug-likeness (QED) is 0.422. The summed E-state index contributed by atoms with van der Waals surface area (Å²) < 4.78 is 5.42. The zero-order valence-electron chi connectivity index (χ0n) is 14.6. The van der Waals surface area contributed by atoms with Crippen LogP contribution in [0, 0.1) is 0 Å². The highest BCUT2D eigenvalue weighted by Gasteiger charge is 2.19. The average Bonchev–Trinajstić information content (AvgIpc) is 3.35. The highest BCUT2D eigenvalue weighted by Crippen LogP contribution is 2.33. The zero-order chi connectivity index (χ0) is 19.7. The third kappa shape index (κ3) is 3.52. The van der Waals surface area contributed by atoms with Crippen molar-refractivity contribution >= 4 is 62.7 Å². The van der Waals surface area contributed by atoms with Gasteiger partial charge in [0.25, 0.3) is 5.91 Å². The molecule has 4 aromatic rings. The van der Waals surface area contributed by atoms with E-state index in [1.165, 1.54) is 29.8 Å². The van der Waals surface area contributed by atoms with Crippen molar-refractivity contribution in [2.45, 2.75) is 0 Å². The van der Waals surface area contributed by atoms with E-state index in [1.54, 1.807) is 23.6 Å². The Morgan fingerprint density at radius 1 is 1.14 bits per heavy atom. The Morgan fingerprint density at radius 2 is 1.96 bits per heavy atom. The monoisotopic (exact) mass is 428 g/mol. The van der Waals surface area contributed by atoms with Crippen LogP contribution in [0.15, 0.2) is 53.9 Å². The maximum atomic E-state index is 13.1. The van der Waals surface area contributed by atoms with Gasteiger partial charge in [0.1, 0.15) is 4.88 Å². The molecule has 1 amide bonds. The van der Waals surface area contributed by atoms with Crippen LogP contribution in [0.2, 0.25) is 4.34 Å². The van der Waals surface area contributed by atoms with Gasteiger partial charge in [-0.2, -0.15) is 0 Å². The van der Waals surface area contributed by atoms with Gasteiger partial charge in [0.15, 0.2) is 0 Å². The third-order valence-electron chi connectivity index (χ3n) is 4.07. The van der Waals surface area contributed by atoms with Crippen LogP contribution in [0.1, 0.15) is 20.0 Å². The van der Waals surface area contributed by atoms with Gasteiger partial charge >= 0.3 is 5.97 Å². The number of halogens is 1. The molecule has 5 nitrogen and oxygen atoms in total.